The summed E-state index contributed by atoms with van der Waals surface area (Å²) in [7, 11) is 0. The fraction of sp³-hybridized carbons (Fsp3) is 0.500. The van der Waals surface area contributed by atoms with Gasteiger partial charge in [0.05, 0.1) is 38.6 Å². The van der Waals surface area contributed by atoms with Crippen LogP contribution in [0.4, 0.5) is 5.69 Å². The van der Waals surface area contributed by atoms with Crippen LogP contribution < -0.4 is 5.32 Å². The molecule has 3 rings (SSSR count). The molecule has 0 saturated heterocycles. The van der Waals surface area contributed by atoms with E-state index >= 15 is 0 Å². The molecule has 0 saturated carbocycles. The highest BCUT2D eigenvalue weighted by molar-refractivity contribution is 6.04. The summed E-state index contributed by atoms with van der Waals surface area (Å²) in [6.45, 7) is 10.4. The molecule has 2 N–H and O–H groups in total. The van der Waals surface area contributed by atoms with Crippen LogP contribution in [-0.4, -0.2) is 56.6 Å². The number of carbonyl (C=O) groups excluding carboxylic acids is 2. The van der Waals surface area contributed by atoms with E-state index in [-0.39, 0.29) is 43.2 Å². The summed E-state index contributed by atoms with van der Waals surface area (Å²) >= 11 is 0. The van der Waals surface area contributed by atoms with Gasteiger partial charge < -0.3 is 24.6 Å². The molecule has 190 valence electrons. The summed E-state index contributed by atoms with van der Waals surface area (Å²) in [5.74, 6) is -0.703. The van der Waals surface area contributed by atoms with Crippen LogP contribution in [0.5, 0.6) is 0 Å². The molecular formula is C28H37NO6. The Kier molecular flexibility index (Phi) is 9.05. The molecule has 0 spiro atoms. The van der Waals surface area contributed by atoms with Crippen LogP contribution >= 0.6 is 0 Å². The van der Waals surface area contributed by atoms with E-state index < -0.39 is 5.97 Å². The average Bonchev–Trinajstić information content (AvgIpc) is 2.83. The van der Waals surface area contributed by atoms with Crippen LogP contribution in [0.1, 0.15) is 72.4 Å². The minimum atomic E-state index is -0.475. The Balaban J connectivity index is 1.53. The molecule has 2 aromatic carbocycles. The number of aliphatic hydroxyl groups is 1. The van der Waals surface area contributed by atoms with Gasteiger partial charge in [0.1, 0.15) is 6.61 Å². The van der Waals surface area contributed by atoms with Crippen molar-refractivity contribution >= 4 is 17.6 Å². The van der Waals surface area contributed by atoms with Crippen LogP contribution in [0.2, 0.25) is 0 Å². The predicted molar refractivity (Wildman–Crippen MR) is 135 cm³/mol. The average molecular weight is 484 g/mol. The van der Waals surface area contributed by atoms with E-state index in [4.69, 9.17) is 19.3 Å². The lowest BCUT2D eigenvalue weighted by atomic mass is 9.63. The quantitative estimate of drug-likeness (QED) is 0.362. The Bertz CT molecular complexity index is 1010. The third kappa shape index (κ3) is 7.13. The van der Waals surface area contributed by atoms with Crippen molar-refractivity contribution < 1.29 is 28.9 Å². The normalized spacial score (nSPS) is 15.8. The molecule has 0 atom stereocenters. The summed E-state index contributed by atoms with van der Waals surface area (Å²) in [5, 5.41) is 11.6. The summed E-state index contributed by atoms with van der Waals surface area (Å²) in [5.41, 5.74) is 4.41. The first-order chi connectivity index (χ1) is 16.6. The number of hydrogen-bond acceptors (Lipinski definition) is 6. The zero-order valence-corrected chi connectivity index (χ0v) is 21.2. The largest absolute Gasteiger partial charge is 0.460 e. The van der Waals surface area contributed by atoms with Gasteiger partial charge in [0.25, 0.3) is 5.91 Å². The molecule has 0 aromatic heterocycles. The van der Waals surface area contributed by atoms with Gasteiger partial charge >= 0.3 is 5.97 Å². The molecule has 0 radical (unpaired) electrons. The Morgan fingerprint density at radius 3 is 2.03 bits per heavy atom. The first-order valence-electron chi connectivity index (χ1n) is 12.1. The van der Waals surface area contributed by atoms with Crippen molar-refractivity contribution in [2.45, 2.75) is 51.4 Å². The Morgan fingerprint density at radius 1 is 0.800 bits per heavy atom. The number of esters is 1. The monoisotopic (exact) mass is 483 g/mol. The smallest absolute Gasteiger partial charge is 0.338 e. The lowest BCUT2D eigenvalue weighted by Gasteiger charge is -2.42. The Hall–Kier alpha value is -2.74. The third-order valence-corrected chi connectivity index (χ3v) is 6.56. The van der Waals surface area contributed by atoms with Crippen molar-refractivity contribution in [1.82, 2.24) is 0 Å². The van der Waals surface area contributed by atoms with E-state index in [1.54, 1.807) is 24.3 Å². The molecule has 0 unspecified atom stereocenters. The highest BCUT2D eigenvalue weighted by Crippen LogP contribution is 2.46. The Labute approximate surface area is 207 Å². The lowest BCUT2D eigenvalue weighted by Crippen LogP contribution is -2.33. The maximum atomic E-state index is 12.8. The van der Waals surface area contributed by atoms with Gasteiger partial charge in [-0.25, -0.2) is 4.79 Å². The van der Waals surface area contributed by atoms with E-state index in [1.165, 1.54) is 11.1 Å². The van der Waals surface area contributed by atoms with Gasteiger partial charge in [0, 0.05) is 11.3 Å². The fourth-order valence-corrected chi connectivity index (χ4v) is 4.29. The second-order valence-corrected chi connectivity index (χ2v) is 10.1. The summed E-state index contributed by atoms with van der Waals surface area (Å²) in [4.78, 5) is 25.0. The molecule has 0 heterocycles. The van der Waals surface area contributed by atoms with Crippen molar-refractivity contribution in [2.24, 2.45) is 0 Å². The third-order valence-electron chi connectivity index (χ3n) is 6.56. The highest BCUT2D eigenvalue weighted by Gasteiger charge is 2.37. The number of ether oxygens (including phenoxy) is 3. The highest BCUT2D eigenvalue weighted by atomic mass is 16.6. The van der Waals surface area contributed by atoms with Crippen molar-refractivity contribution in [2.75, 3.05) is 45.0 Å². The molecule has 1 amide bonds. The zero-order valence-electron chi connectivity index (χ0n) is 21.2. The summed E-state index contributed by atoms with van der Waals surface area (Å²) in [6, 6.07) is 12.6. The maximum Gasteiger partial charge on any atom is 0.338 e. The molecule has 0 bridgehead atoms. The number of nitrogens with one attached hydrogen (secondary N) is 1. The van der Waals surface area contributed by atoms with Gasteiger partial charge in [0.2, 0.25) is 0 Å². The number of rotatable bonds is 11. The predicted octanol–water partition coefficient (Wildman–Crippen LogP) is 4.47. The lowest BCUT2D eigenvalue weighted by molar-refractivity contribution is 0.00919. The van der Waals surface area contributed by atoms with Crippen LogP contribution in [0.3, 0.4) is 0 Å². The fourth-order valence-electron chi connectivity index (χ4n) is 4.29. The van der Waals surface area contributed by atoms with Gasteiger partial charge in [-0.15, -0.1) is 0 Å². The van der Waals surface area contributed by atoms with E-state index in [0.29, 0.717) is 24.3 Å². The minimum Gasteiger partial charge on any atom is -0.460 e. The molecule has 0 aliphatic heterocycles. The van der Waals surface area contributed by atoms with Gasteiger partial charge in [-0.2, -0.15) is 0 Å². The van der Waals surface area contributed by atoms with E-state index in [9.17, 15) is 9.59 Å². The molecule has 1 aliphatic carbocycles. The van der Waals surface area contributed by atoms with Gasteiger partial charge in [-0.05, 0) is 71.2 Å². The molecule has 2 aromatic rings. The van der Waals surface area contributed by atoms with Crippen LogP contribution in [0, 0.1) is 0 Å². The zero-order chi connectivity index (χ0) is 25.5. The molecule has 7 nitrogen and oxygen atoms in total. The van der Waals surface area contributed by atoms with Gasteiger partial charge in [-0.3, -0.25) is 4.79 Å². The molecular weight excluding hydrogens is 446 g/mol. The van der Waals surface area contributed by atoms with Gasteiger partial charge in [-0.1, -0.05) is 33.8 Å². The first-order valence-corrected chi connectivity index (χ1v) is 12.1. The number of carbonyl (C=O) groups is 2. The number of hydrogen-bond donors (Lipinski definition) is 2. The Morgan fingerprint density at radius 2 is 1.37 bits per heavy atom. The van der Waals surface area contributed by atoms with Crippen molar-refractivity contribution in [1.29, 1.82) is 0 Å². The topological polar surface area (TPSA) is 94.1 Å². The van der Waals surface area contributed by atoms with Gasteiger partial charge in [0.15, 0.2) is 0 Å². The van der Waals surface area contributed by atoms with E-state index in [1.807, 2.05) is 6.07 Å². The second-order valence-electron chi connectivity index (χ2n) is 10.1. The molecule has 1 aliphatic rings. The SMILES string of the molecule is CC1(C)CCC(C)(C)c2cc(NC(=O)c3ccc(C(=O)OCCOCCOCCO)cc3)ccc21. The molecule has 0 fully saturated rings. The number of aliphatic hydroxyl groups excluding tert-OH is 1. The van der Waals surface area contributed by atoms with E-state index in [0.717, 1.165) is 18.5 Å². The van der Waals surface area contributed by atoms with Crippen LogP contribution in [0.25, 0.3) is 0 Å². The first kappa shape index (κ1) is 26.9. The molecule has 7 heteroatoms. The standard InChI is InChI=1S/C28H37NO6/c1-27(2)11-12-28(3,4)24-19-22(9-10-23(24)27)29-25(31)20-5-7-21(8-6-20)26(32)35-18-17-34-16-15-33-14-13-30/h5-10,19,30H,11-18H2,1-4H3,(H,29,31). The number of anilines is 1. The van der Waals surface area contributed by atoms with Crippen molar-refractivity contribution in [3.63, 3.8) is 0 Å². The second kappa shape index (κ2) is 11.8. The molecule has 35 heavy (non-hydrogen) atoms. The number of fused-ring (bicyclic) bond motifs is 1. The van der Waals surface area contributed by atoms with Crippen LogP contribution in [0.15, 0.2) is 42.5 Å². The maximum absolute atomic E-state index is 12.8. The minimum absolute atomic E-state index is 0.0249. The number of benzene rings is 2. The van der Waals surface area contributed by atoms with Crippen molar-refractivity contribution in [3.8, 4) is 0 Å². The number of amides is 1. The van der Waals surface area contributed by atoms with Crippen molar-refractivity contribution in [3.05, 3.63) is 64.7 Å². The summed E-state index contributed by atoms with van der Waals surface area (Å²) in [6.07, 6.45) is 2.24. The van der Waals surface area contributed by atoms with Crippen LogP contribution in [-0.2, 0) is 25.0 Å². The van der Waals surface area contributed by atoms with E-state index in [2.05, 4.69) is 45.1 Å². The summed E-state index contributed by atoms with van der Waals surface area (Å²) < 4.78 is 15.6.